The number of aryl methyl sites for hydroxylation is 1. The number of carbonyl (C=O) groups is 1. The molecular formula is C26H20FN9O2. The number of nitrogens with zero attached hydrogens (tertiary/aromatic N) is 6. The molecule has 4 heterocycles. The summed E-state index contributed by atoms with van der Waals surface area (Å²) in [5.41, 5.74) is 9.48. The van der Waals surface area contributed by atoms with Crippen LogP contribution >= 0.6 is 0 Å². The van der Waals surface area contributed by atoms with E-state index in [2.05, 4.69) is 30.7 Å². The van der Waals surface area contributed by atoms with Crippen LogP contribution in [0.5, 0.6) is 0 Å². The summed E-state index contributed by atoms with van der Waals surface area (Å²) in [7, 11) is 0. The summed E-state index contributed by atoms with van der Waals surface area (Å²) < 4.78 is 22.3. The largest absolute Gasteiger partial charge is 0.463 e. The predicted octanol–water partition coefficient (Wildman–Crippen LogP) is 4.93. The van der Waals surface area contributed by atoms with Gasteiger partial charge in [-0.2, -0.15) is 5.10 Å². The van der Waals surface area contributed by atoms with Crippen LogP contribution in [0.25, 0.3) is 34.0 Å². The van der Waals surface area contributed by atoms with Crippen LogP contribution in [0.15, 0.2) is 83.7 Å². The van der Waals surface area contributed by atoms with Crippen molar-refractivity contribution in [2.45, 2.75) is 6.92 Å². The number of fused-ring (bicyclic) bond motifs is 1. The van der Waals surface area contributed by atoms with Gasteiger partial charge in [0.15, 0.2) is 22.7 Å². The van der Waals surface area contributed by atoms with Crippen LogP contribution in [0, 0.1) is 12.7 Å². The minimum atomic E-state index is -0.489. The molecule has 0 aliphatic heterocycles. The van der Waals surface area contributed by atoms with Crippen LogP contribution in [-0.2, 0) is 0 Å². The number of amides is 2. The first kappa shape index (κ1) is 22.9. The molecule has 11 nitrogen and oxygen atoms in total. The van der Waals surface area contributed by atoms with Crippen molar-refractivity contribution < 1.29 is 13.6 Å². The Balaban J connectivity index is 1.24. The van der Waals surface area contributed by atoms with Gasteiger partial charge >= 0.3 is 6.03 Å². The third-order valence-electron chi connectivity index (χ3n) is 5.82. The Bertz CT molecular complexity index is 1760. The molecule has 2 amide bonds. The second-order valence-corrected chi connectivity index (χ2v) is 8.33. The van der Waals surface area contributed by atoms with Crippen molar-refractivity contribution in [1.29, 1.82) is 0 Å². The Morgan fingerprint density at radius 1 is 1.00 bits per heavy atom. The third-order valence-corrected chi connectivity index (χ3v) is 5.82. The van der Waals surface area contributed by atoms with Gasteiger partial charge in [-0.1, -0.05) is 0 Å². The monoisotopic (exact) mass is 509 g/mol. The van der Waals surface area contributed by atoms with E-state index in [9.17, 15) is 9.18 Å². The van der Waals surface area contributed by atoms with Crippen molar-refractivity contribution in [2.24, 2.45) is 0 Å². The van der Waals surface area contributed by atoms with Gasteiger partial charge in [0, 0.05) is 17.4 Å². The number of hydrogen-bond acceptors (Lipinski definition) is 7. The first-order valence-corrected chi connectivity index (χ1v) is 11.5. The van der Waals surface area contributed by atoms with Crippen molar-refractivity contribution in [1.82, 2.24) is 29.3 Å². The number of nitrogens with two attached hydrogens (primary N) is 1. The molecule has 0 radical (unpaired) electrons. The molecule has 0 bridgehead atoms. The van der Waals surface area contributed by atoms with Crippen LogP contribution in [-0.4, -0.2) is 35.3 Å². The Kier molecular flexibility index (Phi) is 5.53. The van der Waals surface area contributed by atoms with E-state index >= 15 is 0 Å². The fraction of sp³-hybridized carbons (Fsp3) is 0.0385. The molecule has 4 aromatic heterocycles. The molecule has 38 heavy (non-hydrogen) atoms. The second-order valence-electron chi connectivity index (χ2n) is 8.33. The SMILES string of the molecule is Cc1nc2c(N)ncnc2n1-c1ccc(NC(=O)Nc2cc(-c3ccco3)nn2-c2ccc(F)cc2)cc1. The maximum absolute atomic E-state index is 13.5. The molecule has 0 unspecified atom stereocenters. The zero-order valence-electron chi connectivity index (χ0n) is 20.0. The highest BCUT2D eigenvalue weighted by molar-refractivity contribution is 5.99. The molecule has 6 rings (SSSR count). The Hall–Kier alpha value is -5.52. The molecule has 0 aliphatic rings. The van der Waals surface area contributed by atoms with Crippen molar-refractivity contribution in [2.75, 3.05) is 16.4 Å². The number of anilines is 3. The van der Waals surface area contributed by atoms with Crippen molar-refractivity contribution in [3.8, 4) is 22.8 Å². The number of halogens is 1. The van der Waals surface area contributed by atoms with Crippen LogP contribution in [0.1, 0.15) is 5.82 Å². The van der Waals surface area contributed by atoms with Gasteiger partial charge in [-0.3, -0.25) is 9.88 Å². The second kappa shape index (κ2) is 9.17. The highest BCUT2D eigenvalue weighted by Crippen LogP contribution is 2.26. The standard InChI is InChI=1S/C26H20FN9O2/c1-15-31-23-24(28)29-14-30-25(23)35(15)18-10-6-17(7-11-18)32-26(37)33-22-13-20(21-3-2-12-38-21)34-36(22)19-8-4-16(27)5-9-19/h2-14H,1H3,(H2,28,29,30)(H2,32,33,37). The third kappa shape index (κ3) is 4.19. The smallest absolute Gasteiger partial charge is 0.324 e. The number of aromatic nitrogens is 6. The summed E-state index contributed by atoms with van der Waals surface area (Å²) in [5.74, 6) is 1.53. The molecular weight excluding hydrogens is 489 g/mol. The number of nitrogens with one attached hydrogen (secondary N) is 2. The van der Waals surface area contributed by atoms with E-state index < -0.39 is 6.03 Å². The highest BCUT2D eigenvalue weighted by atomic mass is 19.1. The summed E-state index contributed by atoms with van der Waals surface area (Å²) in [6.45, 7) is 1.85. The zero-order chi connectivity index (χ0) is 26.2. The topological polar surface area (TPSA) is 142 Å². The van der Waals surface area contributed by atoms with Gasteiger partial charge < -0.3 is 15.5 Å². The molecule has 0 atom stereocenters. The normalized spacial score (nSPS) is 11.1. The molecule has 0 aliphatic carbocycles. The number of carbonyl (C=O) groups excluding carboxylic acids is 1. The lowest BCUT2D eigenvalue weighted by molar-refractivity contribution is 0.262. The maximum Gasteiger partial charge on any atom is 0.324 e. The fourth-order valence-electron chi connectivity index (χ4n) is 4.09. The first-order chi connectivity index (χ1) is 18.5. The van der Waals surface area contributed by atoms with E-state index in [1.54, 1.807) is 42.5 Å². The fourth-order valence-corrected chi connectivity index (χ4v) is 4.09. The minimum absolute atomic E-state index is 0.307. The summed E-state index contributed by atoms with van der Waals surface area (Å²) in [4.78, 5) is 25.7. The quantitative estimate of drug-likeness (QED) is 0.299. The molecule has 0 fully saturated rings. The Morgan fingerprint density at radius 3 is 2.50 bits per heavy atom. The molecule has 4 N–H and O–H groups in total. The summed E-state index contributed by atoms with van der Waals surface area (Å²) in [6, 6.07) is 17.6. The summed E-state index contributed by atoms with van der Waals surface area (Å²) >= 11 is 0. The van der Waals surface area contributed by atoms with Gasteiger partial charge in [0.2, 0.25) is 0 Å². The number of urea groups is 1. The van der Waals surface area contributed by atoms with E-state index in [1.165, 1.54) is 29.4 Å². The molecule has 2 aromatic carbocycles. The first-order valence-electron chi connectivity index (χ1n) is 11.5. The lowest BCUT2D eigenvalue weighted by Gasteiger charge is -2.11. The van der Waals surface area contributed by atoms with E-state index in [-0.39, 0.29) is 5.82 Å². The highest BCUT2D eigenvalue weighted by Gasteiger charge is 2.16. The molecule has 0 spiro atoms. The van der Waals surface area contributed by atoms with Crippen molar-refractivity contribution in [3.63, 3.8) is 0 Å². The van der Waals surface area contributed by atoms with Crippen molar-refractivity contribution in [3.05, 3.63) is 91.0 Å². The van der Waals surface area contributed by atoms with Gasteiger partial charge in [0.1, 0.15) is 29.5 Å². The number of imidazole rings is 1. The van der Waals surface area contributed by atoms with Gasteiger partial charge in [0.25, 0.3) is 0 Å². The van der Waals surface area contributed by atoms with Crippen molar-refractivity contribution >= 4 is 34.5 Å². The van der Waals surface area contributed by atoms with E-state index in [0.29, 0.717) is 51.5 Å². The van der Waals surface area contributed by atoms with E-state index in [1.807, 2.05) is 23.6 Å². The van der Waals surface area contributed by atoms with Gasteiger partial charge in [-0.15, -0.1) is 0 Å². The number of benzene rings is 2. The maximum atomic E-state index is 13.5. The molecule has 12 heteroatoms. The number of hydrogen-bond donors (Lipinski definition) is 3. The van der Waals surface area contributed by atoms with Crippen LogP contribution in [0.3, 0.4) is 0 Å². The molecule has 0 saturated carbocycles. The van der Waals surface area contributed by atoms with Gasteiger partial charge in [-0.05, 0) is 67.6 Å². The average Bonchev–Trinajstić information content (AvgIpc) is 3.65. The van der Waals surface area contributed by atoms with E-state index in [0.717, 1.165) is 5.69 Å². The number of nitrogen functional groups attached to an aromatic ring is 1. The lowest BCUT2D eigenvalue weighted by Crippen LogP contribution is -2.21. The number of furan rings is 1. The predicted molar refractivity (Wildman–Crippen MR) is 140 cm³/mol. The minimum Gasteiger partial charge on any atom is -0.463 e. The molecule has 6 aromatic rings. The Morgan fingerprint density at radius 2 is 1.76 bits per heavy atom. The zero-order valence-corrected chi connectivity index (χ0v) is 20.0. The van der Waals surface area contributed by atoms with Crippen LogP contribution in [0.2, 0.25) is 0 Å². The summed E-state index contributed by atoms with van der Waals surface area (Å²) in [6.07, 6.45) is 2.93. The van der Waals surface area contributed by atoms with Gasteiger partial charge in [-0.25, -0.2) is 28.8 Å². The van der Waals surface area contributed by atoms with Crippen LogP contribution < -0.4 is 16.4 Å². The summed E-state index contributed by atoms with van der Waals surface area (Å²) in [5, 5.41) is 10.1. The van der Waals surface area contributed by atoms with Crippen LogP contribution in [0.4, 0.5) is 26.5 Å². The van der Waals surface area contributed by atoms with Gasteiger partial charge in [0.05, 0.1) is 12.0 Å². The average molecular weight is 510 g/mol. The number of rotatable bonds is 5. The molecule has 188 valence electrons. The lowest BCUT2D eigenvalue weighted by atomic mass is 10.2. The molecule has 0 saturated heterocycles. The van der Waals surface area contributed by atoms with E-state index in [4.69, 9.17) is 10.2 Å². The Labute approximate surface area is 214 Å².